The van der Waals surface area contributed by atoms with Crippen LogP contribution in [0.3, 0.4) is 0 Å². The molecule has 0 saturated carbocycles. The third-order valence-corrected chi connectivity index (χ3v) is 3.63. The molecule has 3 aromatic rings. The molecule has 0 bridgehead atoms. The first-order chi connectivity index (χ1) is 11.1. The first-order valence-corrected chi connectivity index (χ1v) is 7.38. The summed E-state index contributed by atoms with van der Waals surface area (Å²) in [5.74, 6) is 1.39. The Bertz CT molecular complexity index is 841. The molecule has 23 heavy (non-hydrogen) atoms. The number of carbonyl (C=O) groups excluding carboxylic acids is 1. The van der Waals surface area contributed by atoms with Gasteiger partial charge in [0.15, 0.2) is 5.78 Å². The minimum Gasteiger partial charge on any atom is -0.457 e. The average Bonchev–Trinajstić information content (AvgIpc) is 2.56. The van der Waals surface area contributed by atoms with Crippen molar-refractivity contribution in [3.8, 4) is 11.5 Å². The van der Waals surface area contributed by atoms with Crippen molar-refractivity contribution in [2.45, 2.75) is 6.92 Å². The molecule has 0 heterocycles. The second-order valence-corrected chi connectivity index (χ2v) is 5.31. The van der Waals surface area contributed by atoms with Crippen LogP contribution in [0.15, 0.2) is 72.8 Å². The Morgan fingerprint density at radius 3 is 2.22 bits per heavy atom. The number of nitrogen functional groups attached to an aromatic ring is 1. The van der Waals surface area contributed by atoms with E-state index in [2.05, 4.69) is 0 Å². The minimum atomic E-state index is -0.0770. The maximum Gasteiger partial charge on any atom is 0.195 e. The molecular formula is C20H17NO2. The van der Waals surface area contributed by atoms with Crippen LogP contribution in [0, 0.1) is 6.92 Å². The van der Waals surface area contributed by atoms with Gasteiger partial charge in [0, 0.05) is 16.8 Å². The van der Waals surface area contributed by atoms with Crippen LogP contribution in [-0.2, 0) is 0 Å². The third kappa shape index (κ3) is 3.24. The molecule has 0 aliphatic rings. The highest BCUT2D eigenvalue weighted by Gasteiger charge is 2.14. The van der Waals surface area contributed by atoms with Crippen molar-refractivity contribution in [2.75, 3.05) is 5.73 Å². The summed E-state index contributed by atoms with van der Waals surface area (Å²) in [5.41, 5.74) is 8.39. The Hall–Kier alpha value is -3.07. The van der Waals surface area contributed by atoms with Gasteiger partial charge in [0.05, 0.1) is 0 Å². The Morgan fingerprint density at radius 1 is 0.826 bits per heavy atom. The summed E-state index contributed by atoms with van der Waals surface area (Å²) in [6.45, 7) is 1.89. The predicted molar refractivity (Wildman–Crippen MR) is 92.0 cm³/mol. The molecule has 114 valence electrons. The van der Waals surface area contributed by atoms with E-state index in [1.54, 1.807) is 24.3 Å². The van der Waals surface area contributed by atoms with Crippen LogP contribution in [0.5, 0.6) is 11.5 Å². The van der Waals surface area contributed by atoms with E-state index >= 15 is 0 Å². The molecule has 3 rings (SSSR count). The summed E-state index contributed by atoms with van der Waals surface area (Å²) in [5, 5.41) is 0. The third-order valence-electron chi connectivity index (χ3n) is 3.63. The highest BCUT2D eigenvalue weighted by molar-refractivity contribution is 6.12. The van der Waals surface area contributed by atoms with E-state index in [1.807, 2.05) is 55.5 Å². The van der Waals surface area contributed by atoms with Gasteiger partial charge < -0.3 is 10.5 Å². The van der Waals surface area contributed by atoms with Gasteiger partial charge in [0.25, 0.3) is 0 Å². The Kier molecular flexibility index (Phi) is 4.11. The first kappa shape index (κ1) is 14.9. The number of ketones is 1. The van der Waals surface area contributed by atoms with Gasteiger partial charge in [0.1, 0.15) is 11.5 Å². The number of aryl methyl sites for hydroxylation is 1. The topological polar surface area (TPSA) is 52.3 Å². The van der Waals surface area contributed by atoms with Crippen LogP contribution in [0.1, 0.15) is 21.5 Å². The summed E-state index contributed by atoms with van der Waals surface area (Å²) >= 11 is 0. The van der Waals surface area contributed by atoms with Crippen LogP contribution in [0.4, 0.5) is 5.69 Å². The number of rotatable bonds is 4. The lowest BCUT2D eigenvalue weighted by Gasteiger charge is -2.10. The number of hydrogen-bond donors (Lipinski definition) is 1. The first-order valence-electron chi connectivity index (χ1n) is 7.38. The van der Waals surface area contributed by atoms with Crippen molar-refractivity contribution in [1.29, 1.82) is 0 Å². The molecule has 0 saturated heterocycles. The number of anilines is 1. The standard InChI is InChI=1S/C20H17NO2/c1-14-13-16(23-15-7-3-2-4-8-15)11-12-17(14)20(22)18-9-5-6-10-19(18)21/h2-13H,21H2,1H3. The van der Waals surface area contributed by atoms with Gasteiger partial charge in [-0.05, 0) is 55.0 Å². The van der Waals surface area contributed by atoms with Crippen molar-refractivity contribution in [3.63, 3.8) is 0 Å². The van der Waals surface area contributed by atoms with E-state index in [-0.39, 0.29) is 5.78 Å². The number of nitrogens with two attached hydrogens (primary N) is 1. The number of para-hydroxylation sites is 2. The minimum absolute atomic E-state index is 0.0770. The molecule has 0 unspecified atom stereocenters. The molecular weight excluding hydrogens is 286 g/mol. The zero-order chi connectivity index (χ0) is 16.2. The lowest BCUT2D eigenvalue weighted by Crippen LogP contribution is -2.07. The molecule has 0 amide bonds. The maximum absolute atomic E-state index is 12.6. The molecule has 0 fully saturated rings. The fourth-order valence-electron chi connectivity index (χ4n) is 2.43. The lowest BCUT2D eigenvalue weighted by molar-refractivity contribution is 0.103. The molecule has 0 aliphatic heterocycles. The summed E-state index contributed by atoms with van der Waals surface area (Å²) in [6, 6.07) is 22.1. The lowest BCUT2D eigenvalue weighted by atomic mass is 9.98. The molecule has 0 spiro atoms. The second-order valence-electron chi connectivity index (χ2n) is 5.31. The van der Waals surface area contributed by atoms with E-state index in [0.717, 1.165) is 11.3 Å². The monoisotopic (exact) mass is 303 g/mol. The van der Waals surface area contributed by atoms with E-state index < -0.39 is 0 Å². The van der Waals surface area contributed by atoms with Crippen LogP contribution < -0.4 is 10.5 Å². The molecule has 0 atom stereocenters. The van der Waals surface area contributed by atoms with Crippen molar-refractivity contribution >= 4 is 11.5 Å². The molecule has 0 aromatic heterocycles. The van der Waals surface area contributed by atoms with Crippen LogP contribution in [-0.4, -0.2) is 5.78 Å². The Labute approximate surface area is 135 Å². The summed E-state index contributed by atoms with van der Waals surface area (Å²) in [4.78, 5) is 12.6. The number of benzene rings is 3. The van der Waals surface area contributed by atoms with Gasteiger partial charge in [-0.2, -0.15) is 0 Å². The zero-order valence-corrected chi connectivity index (χ0v) is 12.8. The van der Waals surface area contributed by atoms with Crippen LogP contribution in [0.2, 0.25) is 0 Å². The number of hydrogen-bond acceptors (Lipinski definition) is 3. The maximum atomic E-state index is 12.6. The Balaban J connectivity index is 1.88. The van der Waals surface area contributed by atoms with Gasteiger partial charge in [-0.1, -0.05) is 30.3 Å². The molecule has 0 radical (unpaired) electrons. The SMILES string of the molecule is Cc1cc(Oc2ccccc2)ccc1C(=O)c1ccccc1N. The fraction of sp³-hybridized carbons (Fsp3) is 0.0500. The number of ether oxygens (including phenoxy) is 1. The molecule has 0 aliphatic carbocycles. The predicted octanol–water partition coefficient (Wildman–Crippen LogP) is 4.60. The van der Waals surface area contributed by atoms with Gasteiger partial charge >= 0.3 is 0 Å². The normalized spacial score (nSPS) is 10.3. The quantitative estimate of drug-likeness (QED) is 0.566. The van der Waals surface area contributed by atoms with Crippen LogP contribution >= 0.6 is 0 Å². The highest BCUT2D eigenvalue weighted by atomic mass is 16.5. The van der Waals surface area contributed by atoms with E-state index in [1.165, 1.54) is 0 Å². The van der Waals surface area contributed by atoms with Gasteiger partial charge in [-0.25, -0.2) is 0 Å². The van der Waals surface area contributed by atoms with E-state index in [0.29, 0.717) is 22.6 Å². The largest absolute Gasteiger partial charge is 0.457 e. The van der Waals surface area contributed by atoms with Gasteiger partial charge in [-0.3, -0.25) is 4.79 Å². The molecule has 3 heteroatoms. The molecule has 3 nitrogen and oxygen atoms in total. The van der Waals surface area contributed by atoms with E-state index in [4.69, 9.17) is 10.5 Å². The Morgan fingerprint density at radius 2 is 1.52 bits per heavy atom. The van der Waals surface area contributed by atoms with Gasteiger partial charge in [0.2, 0.25) is 0 Å². The van der Waals surface area contributed by atoms with Crippen molar-refractivity contribution in [2.24, 2.45) is 0 Å². The fourth-order valence-corrected chi connectivity index (χ4v) is 2.43. The van der Waals surface area contributed by atoms with Gasteiger partial charge in [-0.15, -0.1) is 0 Å². The second kappa shape index (κ2) is 6.36. The summed E-state index contributed by atoms with van der Waals surface area (Å²) < 4.78 is 5.79. The van der Waals surface area contributed by atoms with Crippen LogP contribution in [0.25, 0.3) is 0 Å². The van der Waals surface area contributed by atoms with Crippen molar-refractivity contribution in [1.82, 2.24) is 0 Å². The van der Waals surface area contributed by atoms with Crippen molar-refractivity contribution in [3.05, 3.63) is 89.5 Å². The zero-order valence-electron chi connectivity index (χ0n) is 12.8. The van der Waals surface area contributed by atoms with Crippen molar-refractivity contribution < 1.29 is 9.53 Å². The van der Waals surface area contributed by atoms with E-state index in [9.17, 15) is 4.79 Å². The smallest absolute Gasteiger partial charge is 0.195 e. The average molecular weight is 303 g/mol. The number of carbonyl (C=O) groups is 1. The summed E-state index contributed by atoms with van der Waals surface area (Å²) in [6.07, 6.45) is 0. The summed E-state index contributed by atoms with van der Waals surface area (Å²) in [7, 11) is 0. The molecule has 3 aromatic carbocycles. The highest BCUT2D eigenvalue weighted by Crippen LogP contribution is 2.25. The molecule has 2 N–H and O–H groups in total.